The van der Waals surface area contributed by atoms with Crippen molar-refractivity contribution in [2.75, 3.05) is 32.8 Å². The van der Waals surface area contributed by atoms with E-state index >= 15 is 0 Å². The molecular weight excluding hydrogens is 442 g/mol. The molecule has 0 radical (unpaired) electrons. The van der Waals surface area contributed by atoms with Gasteiger partial charge in [-0.05, 0) is 32.0 Å². The van der Waals surface area contributed by atoms with Crippen molar-refractivity contribution in [2.45, 2.75) is 30.2 Å². The van der Waals surface area contributed by atoms with Crippen molar-refractivity contribution in [3.05, 3.63) is 60.3 Å². The lowest BCUT2D eigenvalue weighted by Gasteiger charge is -2.34. The largest absolute Gasteiger partial charge is 0.450 e. The Balaban J connectivity index is 1.57. The third-order valence-electron chi connectivity index (χ3n) is 5.84. The Morgan fingerprint density at radius 1 is 0.939 bits per heavy atom. The van der Waals surface area contributed by atoms with Crippen LogP contribution in [0.25, 0.3) is 10.9 Å². The van der Waals surface area contributed by atoms with Crippen LogP contribution in [-0.2, 0) is 25.9 Å². The molecule has 1 aromatic heterocycles. The van der Waals surface area contributed by atoms with Crippen molar-refractivity contribution in [2.24, 2.45) is 0 Å². The van der Waals surface area contributed by atoms with Gasteiger partial charge in [0.15, 0.2) is 0 Å². The Labute approximate surface area is 193 Å². The highest BCUT2D eigenvalue weighted by molar-refractivity contribution is 7.91. The molecule has 9 heteroatoms. The minimum absolute atomic E-state index is 0.0172. The number of hydrogen-bond donors (Lipinski definition) is 0. The molecule has 0 atom stereocenters. The van der Waals surface area contributed by atoms with Crippen LogP contribution in [0.15, 0.2) is 64.5 Å². The van der Waals surface area contributed by atoms with Gasteiger partial charge in [-0.1, -0.05) is 35.9 Å². The summed E-state index contributed by atoms with van der Waals surface area (Å²) >= 11 is 0. The summed E-state index contributed by atoms with van der Waals surface area (Å²) in [5.74, 6) is -0.126. The maximum atomic E-state index is 13.4. The van der Waals surface area contributed by atoms with Gasteiger partial charge in [0.2, 0.25) is 15.7 Å². The first-order valence-corrected chi connectivity index (χ1v) is 12.4. The molecule has 0 spiro atoms. The summed E-state index contributed by atoms with van der Waals surface area (Å²) in [5.41, 5.74) is 1.66. The number of carbonyl (C=O) groups is 2. The molecule has 33 heavy (non-hydrogen) atoms. The molecule has 4 rings (SSSR count). The minimum atomic E-state index is -3.75. The van der Waals surface area contributed by atoms with Gasteiger partial charge in [0, 0.05) is 43.3 Å². The molecule has 174 valence electrons. The highest BCUT2D eigenvalue weighted by Gasteiger charge is 2.27. The Kier molecular flexibility index (Phi) is 6.42. The number of aromatic nitrogens is 1. The zero-order valence-electron chi connectivity index (χ0n) is 18.7. The second kappa shape index (κ2) is 9.27. The molecule has 0 N–H and O–H groups in total. The van der Waals surface area contributed by atoms with Crippen LogP contribution in [0.4, 0.5) is 4.79 Å². The monoisotopic (exact) mass is 469 g/mol. The Bertz CT molecular complexity index is 1270. The van der Waals surface area contributed by atoms with Crippen molar-refractivity contribution in [3.63, 3.8) is 0 Å². The van der Waals surface area contributed by atoms with Crippen molar-refractivity contribution >= 4 is 32.7 Å². The van der Waals surface area contributed by atoms with Crippen LogP contribution >= 0.6 is 0 Å². The predicted octanol–water partition coefficient (Wildman–Crippen LogP) is 3.08. The van der Waals surface area contributed by atoms with Crippen LogP contribution in [0, 0.1) is 6.92 Å². The molecule has 2 aromatic carbocycles. The number of piperazine rings is 1. The number of aryl methyl sites for hydroxylation is 1. The molecule has 1 saturated heterocycles. The van der Waals surface area contributed by atoms with E-state index in [4.69, 9.17) is 4.74 Å². The average Bonchev–Trinajstić information content (AvgIpc) is 3.19. The first-order chi connectivity index (χ1) is 15.8. The number of fused-ring (bicyclic) bond motifs is 1. The van der Waals surface area contributed by atoms with Gasteiger partial charge in [-0.2, -0.15) is 0 Å². The van der Waals surface area contributed by atoms with E-state index in [2.05, 4.69) is 0 Å². The second-order valence-electron chi connectivity index (χ2n) is 8.02. The van der Waals surface area contributed by atoms with Crippen LogP contribution in [0.2, 0.25) is 0 Å². The van der Waals surface area contributed by atoms with Crippen LogP contribution in [-0.4, -0.2) is 67.6 Å². The molecule has 8 nitrogen and oxygen atoms in total. The molecular formula is C24H27N3O5S. The van der Waals surface area contributed by atoms with Crippen LogP contribution in [0.1, 0.15) is 12.5 Å². The van der Waals surface area contributed by atoms with E-state index in [1.54, 1.807) is 63.9 Å². The van der Waals surface area contributed by atoms with Crippen LogP contribution in [0.5, 0.6) is 0 Å². The summed E-state index contributed by atoms with van der Waals surface area (Å²) in [6, 6.07) is 13.9. The zero-order chi connectivity index (χ0) is 23.6. The molecule has 3 aromatic rings. The lowest BCUT2D eigenvalue weighted by atomic mass is 10.2. The number of rotatable bonds is 5. The smallest absolute Gasteiger partial charge is 0.409 e. The molecule has 0 unspecified atom stereocenters. The average molecular weight is 470 g/mol. The standard InChI is InChI=1S/C24H27N3O5S/c1-3-32-24(29)26-14-12-25(13-15-26)23(28)17-27-16-22(20-6-4-5-7-21(20)27)33(30,31)19-10-8-18(2)9-11-19/h4-11,16H,3,12-15,17H2,1-2H3. The third kappa shape index (κ3) is 4.59. The Morgan fingerprint density at radius 3 is 2.24 bits per heavy atom. The predicted molar refractivity (Wildman–Crippen MR) is 124 cm³/mol. The second-order valence-corrected chi connectivity index (χ2v) is 9.94. The lowest BCUT2D eigenvalue weighted by Crippen LogP contribution is -2.51. The molecule has 0 aliphatic carbocycles. The van der Waals surface area contributed by atoms with Gasteiger partial charge in [-0.3, -0.25) is 4.79 Å². The molecule has 1 fully saturated rings. The molecule has 0 bridgehead atoms. The van der Waals surface area contributed by atoms with E-state index < -0.39 is 9.84 Å². The van der Waals surface area contributed by atoms with Crippen molar-refractivity contribution in [1.29, 1.82) is 0 Å². The minimum Gasteiger partial charge on any atom is -0.450 e. The lowest BCUT2D eigenvalue weighted by molar-refractivity contribution is -0.133. The van der Waals surface area contributed by atoms with E-state index in [1.165, 1.54) is 0 Å². The fourth-order valence-corrected chi connectivity index (χ4v) is 5.48. The molecule has 1 aliphatic heterocycles. The van der Waals surface area contributed by atoms with E-state index in [9.17, 15) is 18.0 Å². The maximum absolute atomic E-state index is 13.4. The van der Waals surface area contributed by atoms with Gasteiger partial charge >= 0.3 is 6.09 Å². The van der Waals surface area contributed by atoms with Gasteiger partial charge in [-0.15, -0.1) is 0 Å². The number of amides is 2. The summed E-state index contributed by atoms with van der Waals surface area (Å²) < 4.78 is 33.4. The topological polar surface area (TPSA) is 88.9 Å². The van der Waals surface area contributed by atoms with Gasteiger partial charge in [0.25, 0.3) is 0 Å². The number of para-hydroxylation sites is 1. The molecule has 0 saturated carbocycles. The summed E-state index contributed by atoms with van der Waals surface area (Å²) in [7, 11) is -3.75. The Hall–Kier alpha value is -3.33. The highest BCUT2D eigenvalue weighted by Crippen LogP contribution is 2.30. The van der Waals surface area contributed by atoms with E-state index in [-0.39, 0.29) is 28.3 Å². The number of benzene rings is 2. The van der Waals surface area contributed by atoms with Crippen molar-refractivity contribution < 1.29 is 22.7 Å². The SMILES string of the molecule is CCOC(=O)N1CCN(C(=O)Cn2cc(S(=O)(=O)c3ccc(C)cc3)c3ccccc32)CC1. The molecule has 2 amide bonds. The van der Waals surface area contributed by atoms with E-state index in [1.807, 2.05) is 19.1 Å². The number of hydrogen-bond acceptors (Lipinski definition) is 5. The van der Waals surface area contributed by atoms with Gasteiger partial charge in [-0.25, -0.2) is 13.2 Å². The maximum Gasteiger partial charge on any atom is 0.409 e. The number of nitrogens with zero attached hydrogens (tertiary/aromatic N) is 3. The van der Waals surface area contributed by atoms with Gasteiger partial charge in [0.1, 0.15) is 6.54 Å². The van der Waals surface area contributed by atoms with Gasteiger partial charge < -0.3 is 19.1 Å². The quantitative estimate of drug-likeness (QED) is 0.573. The first-order valence-electron chi connectivity index (χ1n) is 10.9. The number of ether oxygens (including phenoxy) is 1. The summed E-state index contributed by atoms with van der Waals surface area (Å²) in [6.45, 7) is 5.62. The van der Waals surface area contributed by atoms with E-state index in [0.29, 0.717) is 43.7 Å². The van der Waals surface area contributed by atoms with Gasteiger partial charge in [0.05, 0.1) is 16.4 Å². The summed E-state index contributed by atoms with van der Waals surface area (Å²) in [5, 5.41) is 0.581. The van der Waals surface area contributed by atoms with Crippen LogP contribution < -0.4 is 0 Å². The fourth-order valence-electron chi connectivity index (χ4n) is 4.00. The zero-order valence-corrected chi connectivity index (χ0v) is 19.5. The Morgan fingerprint density at radius 2 is 1.58 bits per heavy atom. The molecule has 2 heterocycles. The fraction of sp³-hybridized carbons (Fsp3) is 0.333. The van der Waals surface area contributed by atoms with Crippen molar-refractivity contribution in [1.82, 2.24) is 14.4 Å². The van der Waals surface area contributed by atoms with E-state index in [0.717, 1.165) is 5.56 Å². The number of carbonyl (C=O) groups excluding carboxylic acids is 2. The van der Waals surface area contributed by atoms with Crippen LogP contribution in [0.3, 0.4) is 0 Å². The summed E-state index contributed by atoms with van der Waals surface area (Å²) in [4.78, 5) is 28.6. The molecule has 1 aliphatic rings. The summed E-state index contributed by atoms with van der Waals surface area (Å²) in [6.07, 6.45) is 1.18. The number of sulfone groups is 1. The first kappa shape index (κ1) is 22.8. The van der Waals surface area contributed by atoms with Crippen molar-refractivity contribution in [3.8, 4) is 0 Å². The third-order valence-corrected chi connectivity index (χ3v) is 7.63. The normalized spacial score (nSPS) is 14.5. The highest BCUT2D eigenvalue weighted by atomic mass is 32.2.